The first-order valence-electron chi connectivity index (χ1n) is 8.91. The number of rotatable bonds is 5. The van der Waals surface area contributed by atoms with Crippen LogP contribution in [0.3, 0.4) is 0 Å². The standard InChI is InChI=1S/C21H19N5O2/c1-26-12-11-22-20(26)19(14-7-3-2-4-8-14)23-18(27)13-17-15-9-5-6-10-16(15)21(28)25-24-17/h2-12,19H,13H2,1H3,(H,23,27)(H,25,28)/t19-/m0/s1. The summed E-state index contributed by atoms with van der Waals surface area (Å²) in [5, 5.41) is 10.8. The summed E-state index contributed by atoms with van der Waals surface area (Å²) in [6.07, 6.45) is 3.59. The van der Waals surface area contributed by atoms with Gasteiger partial charge in [0.2, 0.25) is 5.91 Å². The summed E-state index contributed by atoms with van der Waals surface area (Å²) >= 11 is 0. The molecule has 1 atom stereocenters. The van der Waals surface area contributed by atoms with Crippen LogP contribution in [-0.2, 0) is 18.3 Å². The van der Waals surface area contributed by atoms with Gasteiger partial charge in [0.15, 0.2) is 0 Å². The molecule has 1 amide bonds. The molecule has 2 N–H and O–H groups in total. The lowest BCUT2D eigenvalue weighted by atomic mass is 10.1. The van der Waals surface area contributed by atoms with E-state index in [4.69, 9.17) is 0 Å². The second-order valence-electron chi connectivity index (χ2n) is 6.53. The minimum atomic E-state index is -0.386. The third-order valence-electron chi connectivity index (χ3n) is 4.66. The highest BCUT2D eigenvalue weighted by molar-refractivity contribution is 5.88. The summed E-state index contributed by atoms with van der Waals surface area (Å²) in [7, 11) is 1.89. The molecule has 0 unspecified atom stereocenters. The summed E-state index contributed by atoms with van der Waals surface area (Å²) in [5.74, 6) is 0.528. The number of imidazole rings is 1. The Morgan fingerprint density at radius 2 is 1.82 bits per heavy atom. The summed E-state index contributed by atoms with van der Waals surface area (Å²) in [4.78, 5) is 29.2. The minimum Gasteiger partial charge on any atom is -0.342 e. The summed E-state index contributed by atoms with van der Waals surface area (Å²) in [5.41, 5.74) is 1.19. The average Bonchev–Trinajstić information content (AvgIpc) is 3.15. The lowest BCUT2D eigenvalue weighted by Crippen LogP contribution is -2.32. The van der Waals surface area contributed by atoms with Crippen molar-refractivity contribution in [2.24, 2.45) is 7.05 Å². The van der Waals surface area contributed by atoms with E-state index in [9.17, 15) is 9.59 Å². The van der Waals surface area contributed by atoms with E-state index in [1.807, 2.05) is 54.2 Å². The fourth-order valence-electron chi connectivity index (χ4n) is 3.27. The number of fused-ring (bicyclic) bond motifs is 1. The van der Waals surface area contributed by atoms with Crippen molar-refractivity contribution in [2.45, 2.75) is 12.5 Å². The van der Waals surface area contributed by atoms with Crippen LogP contribution in [0.5, 0.6) is 0 Å². The molecule has 0 fully saturated rings. The Kier molecular flexibility index (Phi) is 4.72. The molecule has 2 heterocycles. The highest BCUT2D eigenvalue weighted by Gasteiger charge is 2.21. The Balaban J connectivity index is 1.64. The molecule has 4 aromatic rings. The fraction of sp³-hybridized carbons (Fsp3) is 0.143. The molecule has 7 nitrogen and oxygen atoms in total. The molecule has 0 radical (unpaired) electrons. The van der Waals surface area contributed by atoms with Gasteiger partial charge in [0.25, 0.3) is 5.56 Å². The highest BCUT2D eigenvalue weighted by atomic mass is 16.1. The maximum Gasteiger partial charge on any atom is 0.272 e. The Morgan fingerprint density at radius 1 is 1.11 bits per heavy atom. The highest BCUT2D eigenvalue weighted by Crippen LogP contribution is 2.21. The maximum absolute atomic E-state index is 12.9. The number of amides is 1. The summed E-state index contributed by atoms with van der Waals surface area (Å²) < 4.78 is 1.88. The van der Waals surface area contributed by atoms with Gasteiger partial charge < -0.3 is 9.88 Å². The SMILES string of the molecule is Cn1ccnc1[C@@H](NC(=O)Cc1n[nH]c(=O)c2ccccc12)c1ccccc1. The van der Waals surface area contributed by atoms with Crippen molar-refractivity contribution in [3.63, 3.8) is 0 Å². The molecule has 0 saturated heterocycles. The van der Waals surface area contributed by atoms with E-state index in [0.29, 0.717) is 16.5 Å². The molecule has 0 spiro atoms. The second-order valence-corrected chi connectivity index (χ2v) is 6.53. The van der Waals surface area contributed by atoms with E-state index in [-0.39, 0.29) is 23.9 Å². The molecule has 2 aromatic carbocycles. The zero-order valence-electron chi connectivity index (χ0n) is 15.3. The van der Waals surface area contributed by atoms with Gasteiger partial charge in [-0.1, -0.05) is 48.5 Å². The van der Waals surface area contributed by atoms with Crippen molar-refractivity contribution in [3.05, 3.63) is 94.4 Å². The van der Waals surface area contributed by atoms with Gasteiger partial charge in [-0.2, -0.15) is 5.10 Å². The van der Waals surface area contributed by atoms with Gasteiger partial charge in [0.1, 0.15) is 11.9 Å². The first-order valence-corrected chi connectivity index (χ1v) is 8.91. The number of hydrogen-bond acceptors (Lipinski definition) is 4. The van der Waals surface area contributed by atoms with Crippen LogP contribution in [0.1, 0.15) is 23.1 Å². The van der Waals surface area contributed by atoms with Crippen LogP contribution in [0.15, 0.2) is 71.8 Å². The van der Waals surface area contributed by atoms with E-state index in [0.717, 1.165) is 11.4 Å². The van der Waals surface area contributed by atoms with E-state index < -0.39 is 0 Å². The monoisotopic (exact) mass is 373 g/mol. The molecule has 28 heavy (non-hydrogen) atoms. The zero-order chi connectivity index (χ0) is 19.5. The lowest BCUT2D eigenvalue weighted by molar-refractivity contribution is -0.121. The quantitative estimate of drug-likeness (QED) is 0.560. The molecule has 0 saturated carbocycles. The van der Waals surface area contributed by atoms with Crippen molar-refractivity contribution in [1.29, 1.82) is 0 Å². The van der Waals surface area contributed by atoms with Crippen LogP contribution in [0.2, 0.25) is 0 Å². The first-order chi connectivity index (χ1) is 13.6. The molecular weight excluding hydrogens is 354 g/mol. The number of aromatic amines is 1. The van der Waals surface area contributed by atoms with E-state index in [1.165, 1.54) is 0 Å². The fourth-order valence-corrected chi connectivity index (χ4v) is 3.27. The summed E-state index contributed by atoms with van der Waals surface area (Å²) in [6, 6.07) is 16.4. The number of carbonyl (C=O) groups excluding carboxylic acids is 1. The molecule has 0 bridgehead atoms. The van der Waals surface area contributed by atoms with Gasteiger partial charge in [0, 0.05) is 24.8 Å². The largest absolute Gasteiger partial charge is 0.342 e. The molecule has 4 rings (SSSR count). The van der Waals surface area contributed by atoms with E-state index >= 15 is 0 Å². The minimum absolute atomic E-state index is 0.0467. The molecule has 0 aliphatic heterocycles. The first kappa shape index (κ1) is 17.7. The Bertz CT molecular complexity index is 1180. The normalized spacial score (nSPS) is 12.0. The second kappa shape index (κ2) is 7.48. The molecule has 7 heteroatoms. The van der Waals surface area contributed by atoms with Crippen LogP contribution >= 0.6 is 0 Å². The number of nitrogens with zero attached hydrogens (tertiary/aromatic N) is 3. The van der Waals surface area contributed by atoms with Gasteiger partial charge >= 0.3 is 0 Å². The topological polar surface area (TPSA) is 92.7 Å². The molecule has 0 aliphatic rings. The van der Waals surface area contributed by atoms with E-state index in [1.54, 1.807) is 24.4 Å². The third-order valence-corrected chi connectivity index (χ3v) is 4.66. The Morgan fingerprint density at radius 3 is 2.54 bits per heavy atom. The molecule has 140 valence electrons. The van der Waals surface area contributed by atoms with Crippen LogP contribution in [0, 0.1) is 0 Å². The molecular formula is C21H19N5O2. The number of benzene rings is 2. The van der Waals surface area contributed by atoms with Crippen LogP contribution < -0.4 is 10.9 Å². The van der Waals surface area contributed by atoms with Crippen molar-refractivity contribution < 1.29 is 4.79 Å². The third kappa shape index (κ3) is 3.42. The van der Waals surface area contributed by atoms with Gasteiger partial charge in [-0.05, 0) is 11.6 Å². The maximum atomic E-state index is 12.9. The average molecular weight is 373 g/mol. The van der Waals surface area contributed by atoms with Crippen LogP contribution in [0.25, 0.3) is 10.8 Å². The predicted molar refractivity (Wildman–Crippen MR) is 106 cm³/mol. The zero-order valence-corrected chi connectivity index (χ0v) is 15.3. The number of aryl methyl sites for hydroxylation is 1. The predicted octanol–water partition coefficient (Wildman–Crippen LogP) is 2.10. The smallest absolute Gasteiger partial charge is 0.272 e. The van der Waals surface area contributed by atoms with Crippen LogP contribution in [0.4, 0.5) is 0 Å². The molecule has 2 aromatic heterocycles. The number of carbonyl (C=O) groups is 1. The number of nitrogens with one attached hydrogen (secondary N) is 2. The van der Waals surface area contributed by atoms with Gasteiger partial charge in [-0.3, -0.25) is 9.59 Å². The van der Waals surface area contributed by atoms with Crippen LogP contribution in [-0.4, -0.2) is 25.7 Å². The Labute approximate surface area is 161 Å². The van der Waals surface area contributed by atoms with Crippen molar-refractivity contribution in [2.75, 3.05) is 0 Å². The van der Waals surface area contributed by atoms with Crippen molar-refractivity contribution in [1.82, 2.24) is 25.1 Å². The number of H-pyrrole nitrogens is 1. The van der Waals surface area contributed by atoms with Gasteiger partial charge in [0.05, 0.1) is 17.5 Å². The summed E-state index contributed by atoms with van der Waals surface area (Å²) in [6.45, 7) is 0. The van der Waals surface area contributed by atoms with Gasteiger partial charge in [-0.15, -0.1) is 0 Å². The molecule has 0 aliphatic carbocycles. The van der Waals surface area contributed by atoms with Crippen molar-refractivity contribution in [3.8, 4) is 0 Å². The number of aromatic nitrogens is 4. The van der Waals surface area contributed by atoms with E-state index in [2.05, 4.69) is 20.5 Å². The van der Waals surface area contributed by atoms with Gasteiger partial charge in [-0.25, -0.2) is 10.1 Å². The number of hydrogen-bond donors (Lipinski definition) is 2. The van der Waals surface area contributed by atoms with Crippen molar-refractivity contribution >= 4 is 16.7 Å². The lowest BCUT2D eigenvalue weighted by Gasteiger charge is -2.19. The Hall–Kier alpha value is -3.74.